The monoisotopic (exact) mass is 262 g/mol. The molecule has 1 amide bonds. The third-order valence-corrected chi connectivity index (χ3v) is 3.10. The first kappa shape index (κ1) is 15.4. The summed E-state index contributed by atoms with van der Waals surface area (Å²) >= 11 is 1.73. The Kier molecular flexibility index (Phi) is 6.64. The lowest BCUT2D eigenvalue weighted by molar-refractivity contribution is -0.130. The van der Waals surface area contributed by atoms with Crippen molar-refractivity contribution in [3.63, 3.8) is 0 Å². The van der Waals surface area contributed by atoms with E-state index in [-0.39, 0.29) is 24.4 Å². The van der Waals surface area contributed by atoms with Crippen molar-refractivity contribution in [1.82, 2.24) is 4.90 Å². The number of aryl methyl sites for hydroxylation is 1. The van der Waals surface area contributed by atoms with Gasteiger partial charge in [0.05, 0.1) is 6.54 Å². The summed E-state index contributed by atoms with van der Waals surface area (Å²) in [5.41, 5.74) is 5.58. The predicted octanol–water partition coefficient (Wildman–Crippen LogP) is 2.17. The van der Waals surface area contributed by atoms with E-state index in [0.717, 1.165) is 0 Å². The fraction of sp³-hybridized carbons (Fsp3) is 0.545. The van der Waals surface area contributed by atoms with Gasteiger partial charge in [-0.3, -0.25) is 4.79 Å². The molecule has 1 unspecified atom stereocenters. The maximum Gasteiger partial charge on any atom is 0.224 e. The first-order chi connectivity index (χ1) is 6.99. The third kappa shape index (κ3) is 4.96. The van der Waals surface area contributed by atoms with Gasteiger partial charge in [-0.2, -0.15) is 0 Å². The van der Waals surface area contributed by atoms with Crippen molar-refractivity contribution in [2.24, 2.45) is 5.73 Å². The molecule has 1 aromatic rings. The number of amides is 1. The van der Waals surface area contributed by atoms with E-state index in [2.05, 4.69) is 19.1 Å². The summed E-state index contributed by atoms with van der Waals surface area (Å²) in [7, 11) is 1.82. The molecule has 0 aromatic carbocycles. The van der Waals surface area contributed by atoms with Crippen LogP contribution in [-0.2, 0) is 11.3 Å². The molecule has 92 valence electrons. The van der Waals surface area contributed by atoms with E-state index in [0.29, 0.717) is 13.0 Å². The number of carbonyl (C=O) groups is 1. The van der Waals surface area contributed by atoms with Crippen molar-refractivity contribution in [3.8, 4) is 0 Å². The van der Waals surface area contributed by atoms with Gasteiger partial charge >= 0.3 is 0 Å². The number of carbonyl (C=O) groups excluding carboxylic acids is 1. The number of nitrogens with two attached hydrogens (primary N) is 1. The van der Waals surface area contributed by atoms with Gasteiger partial charge in [-0.25, -0.2) is 0 Å². The van der Waals surface area contributed by atoms with Crippen molar-refractivity contribution < 1.29 is 4.79 Å². The zero-order valence-corrected chi connectivity index (χ0v) is 11.5. The number of hydrogen-bond acceptors (Lipinski definition) is 3. The Morgan fingerprint density at radius 1 is 1.56 bits per heavy atom. The number of halogens is 1. The second kappa shape index (κ2) is 6.89. The highest BCUT2D eigenvalue weighted by molar-refractivity contribution is 7.11. The lowest BCUT2D eigenvalue weighted by Gasteiger charge is -2.17. The van der Waals surface area contributed by atoms with Crippen molar-refractivity contribution in [2.45, 2.75) is 32.9 Å². The number of rotatable bonds is 4. The van der Waals surface area contributed by atoms with Gasteiger partial charge in [0, 0.05) is 29.3 Å². The summed E-state index contributed by atoms with van der Waals surface area (Å²) in [6, 6.07) is 4.07. The Morgan fingerprint density at radius 3 is 2.62 bits per heavy atom. The summed E-state index contributed by atoms with van der Waals surface area (Å²) in [5.74, 6) is 0.107. The highest BCUT2D eigenvalue weighted by Crippen LogP contribution is 2.16. The largest absolute Gasteiger partial charge is 0.341 e. The quantitative estimate of drug-likeness (QED) is 0.904. The fourth-order valence-electron chi connectivity index (χ4n) is 1.32. The number of thiophene rings is 1. The Morgan fingerprint density at radius 2 is 2.19 bits per heavy atom. The molecule has 2 N–H and O–H groups in total. The zero-order valence-electron chi connectivity index (χ0n) is 9.90. The van der Waals surface area contributed by atoms with Crippen LogP contribution < -0.4 is 5.73 Å². The summed E-state index contributed by atoms with van der Waals surface area (Å²) in [6.07, 6.45) is 0.418. The highest BCUT2D eigenvalue weighted by Gasteiger charge is 2.11. The highest BCUT2D eigenvalue weighted by atomic mass is 35.5. The van der Waals surface area contributed by atoms with Crippen molar-refractivity contribution in [3.05, 3.63) is 21.9 Å². The summed E-state index contributed by atoms with van der Waals surface area (Å²) in [5, 5.41) is 0. The normalized spacial score (nSPS) is 11.8. The molecule has 0 saturated carbocycles. The van der Waals surface area contributed by atoms with Crippen LogP contribution in [-0.4, -0.2) is 23.9 Å². The molecule has 16 heavy (non-hydrogen) atoms. The molecule has 0 spiro atoms. The van der Waals surface area contributed by atoms with E-state index in [1.807, 2.05) is 14.0 Å². The molecule has 0 aliphatic rings. The van der Waals surface area contributed by atoms with Crippen molar-refractivity contribution in [2.75, 3.05) is 7.05 Å². The third-order valence-electron chi connectivity index (χ3n) is 2.11. The molecule has 1 atom stereocenters. The molecular formula is C11H19ClN2OS. The molecule has 0 saturated heterocycles. The van der Waals surface area contributed by atoms with Gasteiger partial charge in [-0.15, -0.1) is 23.7 Å². The molecule has 0 radical (unpaired) electrons. The van der Waals surface area contributed by atoms with Crippen LogP contribution >= 0.6 is 23.7 Å². The van der Waals surface area contributed by atoms with Crippen molar-refractivity contribution in [1.29, 1.82) is 0 Å². The second-order valence-electron chi connectivity index (χ2n) is 3.94. The first-order valence-electron chi connectivity index (χ1n) is 5.04. The van der Waals surface area contributed by atoms with E-state index >= 15 is 0 Å². The lowest BCUT2D eigenvalue weighted by atomic mass is 10.2. The van der Waals surface area contributed by atoms with Gasteiger partial charge in [-0.1, -0.05) is 0 Å². The topological polar surface area (TPSA) is 46.3 Å². The standard InChI is InChI=1S/C11H18N2OS.ClH/c1-8(12)6-11(14)13(3)7-10-5-4-9(2)15-10;/h4-5,8H,6-7,12H2,1-3H3;1H. The van der Waals surface area contributed by atoms with E-state index in [1.165, 1.54) is 9.75 Å². The molecule has 5 heteroatoms. The van der Waals surface area contributed by atoms with Gasteiger partial charge < -0.3 is 10.6 Å². The molecule has 3 nitrogen and oxygen atoms in total. The van der Waals surface area contributed by atoms with E-state index in [9.17, 15) is 4.79 Å². The molecule has 1 rings (SSSR count). The smallest absolute Gasteiger partial charge is 0.224 e. The first-order valence-corrected chi connectivity index (χ1v) is 5.85. The number of hydrogen-bond donors (Lipinski definition) is 1. The van der Waals surface area contributed by atoms with E-state index in [4.69, 9.17) is 5.73 Å². The molecule has 0 bridgehead atoms. The molecule has 0 aliphatic carbocycles. The van der Waals surface area contributed by atoms with Gasteiger partial charge in [-0.05, 0) is 26.0 Å². The van der Waals surface area contributed by atoms with Crippen molar-refractivity contribution >= 4 is 29.7 Å². The summed E-state index contributed by atoms with van der Waals surface area (Å²) < 4.78 is 0. The van der Waals surface area contributed by atoms with Crippen LogP contribution in [0.5, 0.6) is 0 Å². The molecular weight excluding hydrogens is 244 g/mol. The van der Waals surface area contributed by atoms with Gasteiger partial charge in [0.1, 0.15) is 0 Å². The summed E-state index contributed by atoms with van der Waals surface area (Å²) in [4.78, 5) is 15.8. The maximum atomic E-state index is 11.6. The van der Waals surface area contributed by atoms with Gasteiger partial charge in [0.2, 0.25) is 5.91 Å². The Labute approximate surface area is 107 Å². The average molecular weight is 263 g/mol. The number of nitrogens with zero attached hydrogens (tertiary/aromatic N) is 1. The van der Waals surface area contributed by atoms with E-state index in [1.54, 1.807) is 16.2 Å². The zero-order chi connectivity index (χ0) is 11.4. The SMILES string of the molecule is Cc1ccc(CN(C)C(=O)CC(C)N)s1.Cl. The van der Waals surface area contributed by atoms with Crippen LogP contribution in [0, 0.1) is 6.92 Å². The van der Waals surface area contributed by atoms with Crippen LogP contribution in [0.15, 0.2) is 12.1 Å². The molecule has 0 fully saturated rings. The van der Waals surface area contributed by atoms with E-state index < -0.39 is 0 Å². The Hall–Kier alpha value is -0.580. The minimum Gasteiger partial charge on any atom is -0.341 e. The minimum atomic E-state index is -0.0648. The van der Waals surface area contributed by atoms with Crippen LogP contribution in [0.4, 0.5) is 0 Å². The molecule has 0 aliphatic heterocycles. The average Bonchev–Trinajstić information content (AvgIpc) is 2.50. The Bertz CT molecular complexity index is 338. The molecule has 1 aromatic heterocycles. The van der Waals surface area contributed by atoms with Crippen LogP contribution in [0.3, 0.4) is 0 Å². The van der Waals surface area contributed by atoms with Crippen LogP contribution in [0.1, 0.15) is 23.1 Å². The maximum absolute atomic E-state index is 11.6. The van der Waals surface area contributed by atoms with Crippen LogP contribution in [0.25, 0.3) is 0 Å². The van der Waals surface area contributed by atoms with Crippen LogP contribution in [0.2, 0.25) is 0 Å². The summed E-state index contributed by atoms with van der Waals surface area (Å²) in [6.45, 7) is 4.60. The Balaban J connectivity index is 0.00000225. The van der Waals surface area contributed by atoms with Gasteiger partial charge in [0.15, 0.2) is 0 Å². The fourth-order valence-corrected chi connectivity index (χ4v) is 2.27. The van der Waals surface area contributed by atoms with Gasteiger partial charge in [0.25, 0.3) is 0 Å². The molecule has 1 heterocycles. The second-order valence-corrected chi connectivity index (χ2v) is 5.32. The minimum absolute atomic E-state index is 0. The lowest BCUT2D eigenvalue weighted by Crippen LogP contribution is -2.31. The predicted molar refractivity (Wildman–Crippen MR) is 71.0 cm³/mol.